The maximum Gasteiger partial charge on any atom is 0.225 e. The van der Waals surface area contributed by atoms with Gasteiger partial charge < -0.3 is 34.4 Å². The second-order valence-electron chi connectivity index (χ2n) is 10.9. The zero-order chi connectivity index (χ0) is 29.1. The lowest BCUT2D eigenvalue weighted by Crippen LogP contribution is -2.48. The van der Waals surface area contributed by atoms with Crippen LogP contribution < -0.4 is 24.4 Å². The highest BCUT2D eigenvalue weighted by Gasteiger charge is 2.34. The van der Waals surface area contributed by atoms with E-state index in [2.05, 4.69) is 20.1 Å². The summed E-state index contributed by atoms with van der Waals surface area (Å²) < 4.78 is 31.7. The number of aromatic nitrogens is 1. The van der Waals surface area contributed by atoms with Crippen LogP contribution in [0.25, 0.3) is 0 Å². The summed E-state index contributed by atoms with van der Waals surface area (Å²) in [7, 11) is 0. The molecule has 3 aliphatic rings. The van der Waals surface area contributed by atoms with Crippen molar-refractivity contribution in [3.8, 4) is 23.1 Å². The molecule has 2 saturated heterocycles. The molecule has 222 valence electrons. The number of nitrogens with zero attached hydrogens (tertiary/aromatic N) is 3. The standard InChI is InChI=1S/C31H34ClFN4O5/c32-23-7-6-22(17-26(23)42-28-5-1-2-9-34-28)37-12-8-20(18-37)31(39)35-25(19-36-10-3-4-11-36)29(38)21-15-24(33)30-27(16-21)40-13-14-41-30/h1-2,5-7,9,15-17,20,25,29,38H,3-4,8,10-14,18-19H2,(H,35,39)/t20?,25-,29-/m1/s1. The molecule has 0 spiro atoms. The molecule has 0 aliphatic carbocycles. The van der Waals surface area contributed by atoms with E-state index < -0.39 is 18.0 Å². The van der Waals surface area contributed by atoms with E-state index in [0.29, 0.717) is 54.9 Å². The Morgan fingerprint density at radius 1 is 1.14 bits per heavy atom. The first-order valence-electron chi connectivity index (χ1n) is 14.4. The van der Waals surface area contributed by atoms with Gasteiger partial charge in [0, 0.05) is 43.7 Å². The van der Waals surface area contributed by atoms with Gasteiger partial charge in [0.1, 0.15) is 25.1 Å². The van der Waals surface area contributed by atoms with Crippen molar-refractivity contribution >= 4 is 23.2 Å². The fraction of sp³-hybridized carbons (Fsp3) is 0.419. The minimum atomic E-state index is -1.13. The number of carbonyl (C=O) groups excluding carboxylic acids is 1. The molecule has 4 heterocycles. The number of likely N-dealkylation sites (tertiary alicyclic amines) is 1. The lowest BCUT2D eigenvalue weighted by atomic mass is 9.99. The zero-order valence-electron chi connectivity index (χ0n) is 23.2. The molecule has 3 aliphatic heterocycles. The Hall–Kier alpha value is -3.60. The molecule has 9 nitrogen and oxygen atoms in total. The van der Waals surface area contributed by atoms with Crippen molar-refractivity contribution in [2.75, 3.05) is 50.8 Å². The number of hydrogen-bond acceptors (Lipinski definition) is 8. The predicted octanol–water partition coefficient (Wildman–Crippen LogP) is 4.58. The van der Waals surface area contributed by atoms with Gasteiger partial charge in [-0.25, -0.2) is 9.37 Å². The van der Waals surface area contributed by atoms with Gasteiger partial charge in [-0.2, -0.15) is 0 Å². The third-order valence-electron chi connectivity index (χ3n) is 8.01. The van der Waals surface area contributed by atoms with Crippen molar-refractivity contribution in [3.63, 3.8) is 0 Å². The van der Waals surface area contributed by atoms with Crippen molar-refractivity contribution in [2.45, 2.75) is 31.4 Å². The van der Waals surface area contributed by atoms with E-state index in [-0.39, 0.29) is 29.9 Å². The molecule has 6 rings (SSSR count). The SMILES string of the molecule is O=C(N[C@H](CN1CCCC1)[C@H](O)c1cc(F)c2c(c1)OCCO2)C1CCN(c2ccc(Cl)c(Oc3ccccn3)c2)C1. The van der Waals surface area contributed by atoms with Crippen LogP contribution >= 0.6 is 11.6 Å². The third kappa shape index (κ3) is 6.40. The van der Waals surface area contributed by atoms with Gasteiger partial charge in [0.25, 0.3) is 0 Å². The van der Waals surface area contributed by atoms with Crippen LogP contribution in [0.4, 0.5) is 10.1 Å². The minimum absolute atomic E-state index is 0.0548. The second kappa shape index (κ2) is 12.7. The summed E-state index contributed by atoms with van der Waals surface area (Å²) in [6.45, 7) is 4.01. The van der Waals surface area contributed by atoms with Crippen LogP contribution in [0.1, 0.15) is 30.9 Å². The third-order valence-corrected chi connectivity index (χ3v) is 8.33. The van der Waals surface area contributed by atoms with E-state index in [1.165, 1.54) is 6.07 Å². The number of hydrogen-bond donors (Lipinski definition) is 2. The smallest absolute Gasteiger partial charge is 0.225 e. The van der Waals surface area contributed by atoms with Crippen LogP contribution in [0, 0.1) is 11.7 Å². The molecule has 1 unspecified atom stereocenters. The van der Waals surface area contributed by atoms with Crippen LogP contribution in [-0.4, -0.2) is 72.9 Å². The Morgan fingerprint density at radius 3 is 2.79 bits per heavy atom. The van der Waals surface area contributed by atoms with Gasteiger partial charge in [-0.1, -0.05) is 17.7 Å². The molecular formula is C31H34ClFN4O5. The van der Waals surface area contributed by atoms with Gasteiger partial charge in [-0.05, 0) is 68.2 Å². The molecule has 0 radical (unpaired) electrons. The summed E-state index contributed by atoms with van der Waals surface area (Å²) in [6.07, 6.45) is 3.31. The van der Waals surface area contributed by atoms with Crippen LogP contribution in [-0.2, 0) is 4.79 Å². The maximum atomic E-state index is 14.8. The van der Waals surface area contributed by atoms with Crippen LogP contribution in [0.2, 0.25) is 5.02 Å². The number of rotatable bonds is 9. The molecule has 2 fully saturated rings. The lowest BCUT2D eigenvalue weighted by Gasteiger charge is -2.30. The molecule has 42 heavy (non-hydrogen) atoms. The number of anilines is 1. The number of halogens is 2. The second-order valence-corrected chi connectivity index (χ2v) is 11.3. The first kappa shape index (κ1) is 28.5. The monoisotopic (exact) mass is 596 g/mol. The number of aliphatic hydroxyl groups is 1. The van der Waals surface area contributed by atoms with Gasteiger partial charge in [0.05, 0.1) is 17.0 Å². The Balaban J connectivity index is 1.15. The molecule has 1 aromatic heterocycles. The summed E-state index contributed by atoms with van der Waals surface area (Å²) in [4.78, 5) is 22.1. The van der Waals surface area contributed by atoms with E-state index in [9.17, 15) is 14.3 Å². The average molecular weight is 597 g/mol. The van der Waals surface area contributed by atoms with Crippen LogP contribution in [0.15, 0.2) is 54.7 Å². The number of aliphatic hydroxyl groups excluding tert-OH is 1. The highest BCUT2D eigenvalue weighted by molar-refractivity contribution is 6.32. The van der Waals surface area contributed by atoms with Gasteiger partial charge in [-0.3, -0.25) is 4.79 Å². The Bertz CT molecular complexity index is 1410. The Kier molecular flexibility index (Phi) is 8.64. The van der Waals surface area contributed by atoms with Crippen molar-refractivity contribution < 1.29 is 28.5 Å². The first-order chi connectivity index (χ1) is 20.4. The molecule has 2 N–H and O–H groups in total. The zero-order valence-corrected chi connectivity index (χ0v) is 23.9. The number of ether oxygens (including phenoxy) is 3. The minimum Gasteiger partial charge on any atom is -0.486 e. The molecular weight excluding hydrogens is 563 g/mol. The molecule has 0 bridgehead atoms. The van der Waals surface area contributed by atoms with Gasteiger partial charge >= 0.3 is 0 Å². The number of fused-ring (bicyclic) bond motifs is 1. The largest absolute Gasteiger partial charge is 0.486 e. The first-order valence-corrected chi connectivity index (χ1v) is 14.8. The van der Waals surface area contributed by atoms with Gasteiger partial charge in [-0.15, -0.1) is 0 Å². The van der Waals surface area contributed by atoms with Crippen molar-refractivity contribution in [1.82, 2.24) is 15.2 Å². The summed E-state index contributed by atoms with van der Waals surface area (Å²) in [5, 5.41) is 15.0. The van der Waals surface area contributed by atoms with Crippen molar-refractivity contribution in [3.05, 3.63) is 71.1 Å². The highest BCUT2D eigenvalue weighted by Crippen LogP contribution is 2.37. The molecule has 3 aromatic rings. The van der Waals surface area contributed by atoms with E-state index >= 15 is 0 Å². The summed E-state index contributed by atoms with van der Waals surface area (Å²) in [6, 6.07) is 13.2. The Labute approximate surface area is 249 Å². The summed E-state index contributed by atoms with van der Waals surface area (Å²) in [5.41, 5.74) is 1.23. The van der Waals surface area contributed by atoms with E-state index in [4.69, 9.17) is 25.8 Å². The van der Waals surface area contributed by atoms with Crippen LogP contribution in [0.5, 0.6) is 23.1 Å². The van der Waals surface area contributed by atoms with Crippen LogP contribution in [0.3, 0.4) is 0 Å². The molecule has 3 atom stereocenters. The van der Waals surface area contributed by atoms with E-state index in [1.807, 2.05) is 24.3 Å². The fourth-order valence-corrected chi connectivity index (χ4v) is 5.95. The number of carbonyl (C=O) groups is 1. The van der Waals surface area contributed by atoms with Gasteiger partial charge in [0.15, 0.2) is 17.3 Å². The van der Waals surface area contributed by atoms with Gasteiger partial charge in [0.2, 0.25) is 11.8 Å². The fourth-order valence-electron chi connectivity index (χ4n) is 5.80. The maximum absolute atomic E-state index is 14.8. The highest BCUT2D eigenvalue weighted by atomic mass is 35.5. The lowest BCUT2D eigenvalue weighted by molar-refractivity contribution is -0.126. The average Bonchev–Trinajstić information content (AvgIpc) is 3.71. The predicted molar refractivity (Wildman–Crippen MR) is 156 cm³/mol. The normalized spacial score (nSPS) is 19.9. The van der Waals surface area contributed by atoms with Crippen molar-refractivity contribution in [1.29, 1.82) is 0 Å². The summed E-state index contributed by atoms with van der Waals surface area (Å²) >= 11 is 6.39. The van der Waals surface area contributed by atoms with Crippen molar-refractivity contribution in [2.24, 2.45) is 5.92 Å². The summed E-state index contributed by atoms with van der Waals surface area (Å²) in [5.74, 6) is 0.232. The topological polar surface area (TPSA) is 96.4 Å². The number of amides is 1. The quantitative estimate of drug-likeness (QED) is 0.371. The molecule has 2 aromatic carbocycles. The Morgan fingerprint density at radius 2 is 1.98 bits per heavy atom. The molecule has 1 amide bonds. The van der Waals surface area contributed by atoms with E-state index in [1.54, 1.807) is 24.4 Å². The number of benzene rings is 2. The number of pyridine rings is 1. The molecule has 0 saturated carbocycles. The van der Waals surface area contributed by atoms with E-state index in [0.717, 1.165) is 31.6 Å². The number of nitrogens with one attached hydrogen (secondary N) is 1. The molecule has 11 heteroatoms.